The van der Waals surface area contributed by atoms with E-state index < -0.39 is 5.82 Å². The summed E-state index contributed by atoms with van der Waals surface area (Å²) >= 11 is 0. The van der Waals surface area contributed by atoms with Crippen molar-refractivity contribution in [2.75, 3.05) is 38.6 Å². The maximum atomic E-state index is 13.2. The number of anilines is 1. The van der Waals surface area contributed by atoms with E-state index in [1.165, 1.54) is 18.2 Å². The predicted octanol–water partition coefficient (Wildman–Crippen LogP) is 3.13. The number of benzene rings is 2. The van der Waals surface area contributed by atoms with Crippen molar-refractivity contribution in [2.24, 2.45) is 0 Å². The summed E-state index contributed by atoms with van der Waals surface area (Å²) in [6.45, 7) is 3.62. The molecule has 27 heavy (non-hydrogen) atoms. The van der Waals surface area contributed by atoms with Crippen LogP contribution in [-0.4, -0.2) is 55.0 Å². The zero-order chi connectivity index (χ0) is 19.4. The predicted molar refractivity (Wildman–Crippen MR) is 101 cm³/mol. The Kier molecular flexibility index (Phi) is 5.59. The van der Waals surface area contributed by atoms with Crippen LogP contribution < -0.4 is 10.1 Å². The van der Waals surface area contributed by atoms with Gasteiger partial charge in [0.15, 0.2) is 0 Å². The van der Waals surface area contributed by atoms with Crippen LogP contribution in [-0.2, 0) is 0 Å². The number of hydrogen-bond acceptors (Lipinski definition) is 3. The van der Waals surface area contributed by atoms with Gasteiger partial charge < -0.3 is 19.9 Å². The first-order valence-corrected chi connectivity index (χ1v) is 8.73. The molecule has 0 saturated carbocycles. The zero-order valence-corrected chi connectivity index (χ0v) is 15.4. The number of rotatable bonds is 3. The molecule has 142 valence electrons. The fourth-order valence-electron chi connectivity index (χ4n) is 3.02. The van der Waals surface area contributed by atoms with Gasteiger partial charge in [-0.3, -0.25) is 4.79 Å². The minimum atomic E-state index is -0.406. The quantitative estimate of drug-likeness (QED) is 0.902. The first-order valence-electron chi connectivity index (χ1n) is 8.73. The standard InChI is InChI=1S/C20H22FN3O3/c1-14-6-7-15(12-18(14)27-2)19(25)23-8-10-24(11-9-23)20(26)22-17-5-3-4-16(21)13-17/h3-7,12-13H,8-11H2,1-2H3,(H,22,26). The van der Waals surface area contributed by atoms with E-state index in [0.29, 0.717) is 43.2 Å². The summed E-state index contributed by atoms with van der Waals surface area (Å²) in [7, 11) is 1.58. The van der Waals surface area contributed by atoms with Gasteiger partial charge in [0.1, 0.15) is 11.6 Å². The summed E-state index contributed by atoms with van der Waals surface area (Å²) in [6.07, 6.45) is 0. The van der Waals surface area contributed by atoms with Gasteiger partial charge in [-0.25, -0.2) is 9.18 Å². The molecule has 6 nitrogen and oxygen atoms in total. The van der Waals surface area contributed by atoms with Gasteiger partial charge in [-0.1, -0.05) is 12.1 Å². The Morgan fingerprint density at radius 1 is 1.04 bits per heavy atom. The molecule has 0 aliphatic carbocycles. The lowest BCUT2D eigenvalue weighted by Gasteiger charge is -2.34. The number of amides is 3. The van der Waals surface area contributed by atoms with E-state index in [0.717, 1.165) is 5.56 Å². The number of nitrogens with zero attached hydrogens (tertiary/aromatic N) is 2. The second kappa shape index (κ2) is 8.07. The Labute approximate surface area is 157 Å². The minimum absolute atomic E-state index is 0.0847. The van der Waals surface area contributed by atoms with Crippen molar-refractivity contribution in [3.8, 4) is 5.75 Å². The number of urea groups is 1. The number of halogens is 1. The lowest BCUT2D eigenvalue weighted by Crippen LogP contribution is -2.51. The second-order valence-electron chi connectivity index (χ2n) is 6.40. The van der Waals surface area contributed by atoms with Crippen LogP contribution in [0.15, 0.2) is 42.5 Å². The van der Waals surface area contributed by atoms with Gasteiger partial charge in [-0.05, 0) is 42.8 Å². The molecule has 0 aromatic heterocycles. The zero-order valence-electron chi connectivity index (χ0n) is 15.4. The van der Waals surface area contributed by atoms with Crippen molar-refractivity contribution in [1.82, 2.24) is 9.80 Å². The number of ether oxygens (including phenoxy) is 1. The molecule has 0 unspecified atom stereocenters. The Bertz CT molecular complexity index is 848. The van der Waals surface area contributed by atoms with E-state index in [2.05, 4.69) is 5.32 Å². The van der Waals surface area contributed by atoms with Crippen molar-refractivity contribution < 1.29 is 18.7 Å². The van der Waals surface area contributed by atoms with Gasteiger partial charge in [0, 0.05) is 37.4 Å². The summed E-state index contributed by atoms with van der Waals surface area (Å²) < 4.78 is 18.5. The molecule has 1 heterocycles. The summed E-state index contributed by atoms with van der Waals surface area (Å²) in [5, 5.41) is 2.68. The molecule has 0 radical (unpaired) electrons. The third kappa shape index (κ3) is 4.36. The second-order valence-corrected chi connectivity index (χ2v) is 6.40. The number of hydrogen-bond donors (Lipinski definition) is 1. The number of methoxy groups -OCH3 is 1. The summed E-state index contributed by atoms with van der Waals surface area (Å²) in [5.41, 5.74) is 1.94. The van der Waals surface area contributed by atoms with Crippen molar-refractivity contribution in [3.05, 3.63) is 59.4 Å². The van der Waals surface area contributed by atoms with E-state index in [1.807, 2.05) is 13.0 Å². The van der Waals surface area contributed by atoms with E-state index >= 15 is 0 Å². The van der Waals surface area contributed by atoms with Gasteiger partial charge in [0.2, 0.25) is 0 Å². The topological polar surface area (TPSA) is 61.9 Å². The van der Waals surface area contributed by atoms with Crippen molar-refractivity contribution >= 4 is 17.6 Å². The van der Waals surface area contributed by atoms with Crippen LogP contribution in [0.4, 0.5) is 14.9 Å². The highest BCUT2D eigenvalue weighted by molar-refractivity contribution is 5.95. The molecule has 2 aromatic rings. The van der Waals surface area contributed by atoms with Crippen molar-refractivity contribution in [1.29, 1.82) is 0 Å². The fourth-order valence-corrected chi connectivity index (χ4v) is 3.02. The van der Waals surface area contributed by atoms with Crippen LogP contribution in [0.3, 0.4) is 0 Å². The van der Waals surface area contributed by atoms with Crippen LogP contribution in [0.5, 0.6) is 5.75 Å². The van der Waals surface area contributed by atoms with Gasteiger partial charge in [0.25, 0.3) is 5.91 Å². The highest BCUT2D eigenvalue weighted by Gasteiger charge is 2.25. The highest BCUT2D eigenvalue weighted by Crippen LogP contribution is 2.20. The third-order valence-electron chi connectivity index (χ3n) is 4.58. The first-order chi connectivity index (χ1) is 13.0. The Morgan fingerprint density at radius 3 is 2.41 bits per heavy atom. The minimum Gasteiger partial charge on any atom is -0.496 e. The van der Waals surface area contributed by atoms with Crippen molar-refractivity contribution in [3.63, 3.8) is 0 Å². The SMILES string of the molecule is COc1cc(C(=O)N2CCN(C(=O)Nc3cccc(F)c3)CC2)ccc1C. The Morgan fingerprint density at radius 2 is 1.74 bits per heavy atom. The van der Waals surface area contributed by atoms with Gasteiger partial charge >= 0.3 is 6.03 Å². The molecular weight excluding hydrogens is 349 g/mol. The molecule has 3 amide bonds. The van der Waals surface area contributed by atoms with Crippen LogP contribution in [0.25, 0.3) is 0 Å². The Balaban J connectivity index is 1.58. The van der Waals surface area contributed by atoms with E-state index in [9.17, 15) is 14.0 Å². The molecule has 0 spiro atoms. The summed E-state index contributed by atoms with van der Waals surface area (Å²) in [6, 6.07) is 10.8. The molecule has 1 aliphatic heterocycles. The average molecular weight is 371 g/mol. The number of aryl methyl sites for hydroxylation is 1. The lowest BCUT2D eigenvalue weighted by molar-refractivity contribution is 0.0671. The molecule has 7 heteroatoms. The molecule has 1 aliphatic rings. The number of piperazine rings is 1. The van der Waals surface area contributed by atoms with Crippen LogP contribution in [0.2, 0.25) is 0 Å². The van der Waals surface area contributed by atoms with Gasteiger partial charge in [0.05, 0.1) is 7.11 Å². The first kappa shape index (κ1) is 18.7. The molecule has 0 atom stereocenters. The average Bonchev–Trinajstić information content (AvgIpc) is 2.68. The molecule has 2 aromatic carbocycles. The van der Waals surface area contributed by atoms with E-state index in [-0.39, 0.29) is 11.9 Å². The maximum absolute atomic E-state index is 13.2. The monoisotopic (exact) mass is 371 g/mol. The smallest absolute Gasteiger partial charge is 0.321 e. The normalized spacial score (nSPS) is 14.0. The van der Waals surface area contributed by atoms with E-state index in [4.69, 9.17) is 4.74 Å². The number of nitrogens with one attached hydrogen (secondary N) is 1. The third-order valence-corrected chi connectivity index (χ3v) is 4.58. The maximum Gasteiger partial charge on any atom is 0.321 e. The number of carbonyl (C=O) groups excluding carboxylic acids is 2. The highest BCUT2D eigenvalue weighted by atomic mass is 19.1. The van der Waals surface area contributed by atoms with Gasteiger partial charge in [-0.15, -0.1) is 0 Å². The number of carbonyl (C=O) groups is 2. The molecule has 0 bridgehead atoms. The summed E-state index contributed by atoms with van der Waals surface area (Å²) in [5.74, 6) is 0.184. The van der Waals surface area contributed by atoms with Crippen molar-refractivity contribution in [2.45, 2.75) is 6.92 Å². The Hall–Kier alpha value is -3.09. The van der Waals surface area contributed by atoms with E-state index in [1.54, 1.807) is 35.1 Å². The fraction of sp³-hybridized carbons (Fsp3) is 0.300. The molecule has 3 rings (SSSR count). The van der Waals surface area contributed by atoms with Crippen LogP contribution in [0, 0.1) is 12.7 Å². The molecule has 1 N–H and O–H groups in total. The van der Waals surface area contributed by atoms with Gasteiger partial charge in [-0.2, -0.15) is 0 Å². The van der Waals surface area contributed by atoms with Crippen LogP contribution in [0.1, 0.15) is 15.9 Å². The lowest BCUT2D eigenvalue weighted by atomic mass is 10.1. The van der Waals surface area contributed by atoms with Crippen LogP contribution >= 0.6 is 0 Å². The largest absolute Gasteiger partial charge is 0.496 e. The molecule has 1 fully saturated rings. The molecule has 1 saturated heterocycles. The molecular formula is C20H22FN3O3. The summed E-state index contributed by atoms with van der Waals surface area (Å²) in [4.78, 5) is 28.3.